The van der Waals surface area contributed by atoms with E-state index in [1.54, 1.807) is 13.3 Å². The molecule has 2 heterocycles. The number of nitrogen functional groups attached to an aromatic ring is 2. The highest BCUT2D eigenvalue weighted by molar-refractivity contribution is 5.83. The molecule has 1 aliphatic rings. The number of para-hydroxylation sites is 1. The molecule has 1 fully saturated rings. The number of hydrogen-bond acceptors (Lipinski definition) is 7. The molecule has 7 heteroatoms. The average Bonchev–Trinajstić information content (AvgIpc) is 2.76. The Bertz CT molecular complexity index is 1010. The van der Waals surface area contributed by atoms with Gasteiger partial charge in [-0.1, -0.05) is 24.3 Å². The first-order valence-corrected chi connectivity index (χ1v) is 9.66. The number of hydrogen-bond donors (Lipinski definition) is 2. The summed E-state index contributed by atoms with van der Waals surface area (Å²) in [7, 11) is 3.83. The number of rotatable bonds is 4. The van der Waals surface area contributed by atoms with Crippen LogP contribution in [0.2, 0.25) is 0 Å². The van der Waals surface area contributed by atoms with Crippen LogP contribution in [0.25, 0.3) is 22.5 Å². The fraction of sp³-hybridized carbons (Fsp3) is 0.273. The maximum atomic E-state index is 5.98. The summed E-state index contributed by atoms with van der Waals surface area (Å²) >= 11 is 0. The second-order valence-corrected chi connectivity index (χ2v) is 7.26. The fourth-order valence-corrected chi connectivity index (χ4v) is 3.62. The highest BCUT2D eigenvalue weighted by Crippen LogP contribution is 2.37. The van der Waals surface area contributed by atoms with Crippen LogP contribution in [0.15, 0.2) is 48.7 Å². The Balaban J connectivity index is 1.84. The van der Waals surface area contributed by atoms with Crippen LogP contribution >= 0.6 is 0 Å². The minimum atomic E-state index is 0.294. The molecule has 1 aromatic heterocycles. The number of methoxy groups -OCH3 is 1. The molecule has 0 saturated carbocycles. The van der Waals surface area contributed by atoms with Crippen molar-refractivity contribution in [2.45, 2.75) is 0 Å². The Hall–Kier alpha value is -3.32. The summed E-state index contributed by atoms with van der Waals surface area (Å²) in [5, 5.41) is 0. The van der Waals surface area contributed by atoms with Crippen molar-refractivity contribution in [1.82, 2.24) is 14.9 Å². The van der Waals surface area contributed by atoms with Gasteiger partial charge in [-0.05, 0) is 30.8 Å². The van der Waals surface area contributed by atoms with Crippen molar-refractivity contribution >= 4 is 17.2 Å². The molecule has 3 aromatic rings. The standard InChI is InChI=1S/C22H26N6O/c1-27-9-11-28(12-10-27)19-8-7-15(16-5-3-4-6-20(16)29-2)13-17(19)22-25-14-18(23)21(24)26-22/h3-8,13-14H,9-12,23H2,1-2H3,(H2,24,25,26). The van der Waals surface area contributed by atoms with Gasteiger partial charge in [-0.25, -0.2) is 9.97 Å². The van der Waals surface area contributed by atoms with Crippen molar-refractivity contribution in [2.24, 2.45) is 0 Å². The zero-order valence-corrected chi connectivity index (χ0v) is 16.8. The number of nitrogens with zero attached hydrogens (tertiary/aromatic N) is 4. The highest BCUT2D eigenvalue weighted by atomic mass is 16.5. The zero-order valence-electron chi connectivity index (χ0n) is 16.8. The molecule has 4 N–H and O–H groups in total. The van der Waals surface area contributed by atoms with Gasteiger partial charge < -0.3 is 26.0 Å². The lowest BCUT2D eigenvalue weighted by Crippen LogP contribution is -2.44. The maximum absolute atomic E-state index is 5.98. The number of piperazine rings is 1. The Morgan fingerprint density at radius 3 is 2.45 bits per heavy atom. The Morgan fingerprint density at radius 2 is 1.72 bits per heavy atom. The van der Waals surface area contributed by atoms with Crippen molar-refractivity contribution in [2.75, 3.05) is 56.7 Å². The zero-order chi connectivity index (χ0) is 20.4. The van der Waals surface area contributed by atoms with Crippen LogP contribution in [0.5, 0.6) is 5.75 Å². The topological polar surface area (TPSA) is 93.5 Å². The molecule has 0 radical (unpaired) electrons. The summed E-state index contributed by atoms with van der Waals surface area (Å²) in [6.45, 7) is 3.92. The molecule has 150 valence electrons. The van der Waals surface area contributed by atoms with Crippen molar-refractivity contribution in [3.63, 3.8) is 0 Å². The van der Waals surface area contributed by atoms with Gasteiger partial charge in [-0.15, -0.1) is 0 Å². The minimum absolute atomic E-state index is 0.294. The van der Waals surface area contributed by atoms with Crippen LogP contribution < -0.4 is 21.1 Å². The first-order valence-electron chi connectivity index (χ1n) is 9.66. The Labute approximate surface area is 170 Å². The summed E-state index contributed by atoms with van der Waals surface area (Å²) in [6, 6.07) is 14.3. The van der Waals surface area contributed by atoms with Crippen molar-refractivity contribution in [3.8, 4) is 28.3 Å². The third-order valence-corrected chi connectivity index (χ3v) is 5.35. The molecule has 2 aromatic carbocycles. The van der Waals surface area contributed by atoms with Gasteiger partial charge in [-0.3, -0.25) is 0 Å². The van der Waals surface area contributed by atoms with E-state index in [9.17, 15) is 0 Å². The lowest BCUT2D eigenvalue weighted by atomic mass is 9.99. The van der Waals surface area contributed by atoms with Crippen LogP contribution in [-0.4, -0.2) is 55.2 Å². The third kappa shape index (κ3) is 3.82. The summed E-state index contributed by atoms with van der Waals surface area (Å²) in [5.74, 6) is 1.69. The van der Waals surface area contributed by atoms with Gasteiger partial charge in [0.15, 0.2) is 11.6 Å². The van der Waals surface area contributed by atoms with E-state index < -0.39 is 0 Å². The van der Waals surface area contributed by atoms with Crippen LogP contribution in [-0.2, 0) is 0 Å². The van der Waals surface area contributed by atoms with Crippen LogP contribution in [0, 0.1) is 0 Å². The van der Waals surface area contributed by atoms with Crippen LogP contribution in [0.4, 0.5) is 17.2 Å². The fourth-order valence-electron chi connectivity index (χ4n) is 3.62. The smallest absolute Gasteiger partial charge is 0.163 e. The van der Waals surface area contributed by atoms with E-state index in [4.69, 9.17) is 16.2 Å². The largest absolute Gasteiger partial charge is 0.496 e. The maximum Gasteiger partial charge on any atom is 0.163 e. The van der Waals surface area contributed by atoms with Gasteiger partial charge in [-0.2, -0.15) is 0 Å². The first-order chi connectivity index (χ1) is 14.1. The number of ether oxygens (including phenoxy) is 1. The number of likely N-dealkylation sites (N-methyl/N-ethyl adjacent to an activating group) is 1. The highest BCUT2D eigenvalue weighted by Gasteiger charge is 2.20. The average molecular weight is 390 g/mol. The lowest BCUT2D eigenvalue weighted by Gasteiger charge is -2.35. The third-order valence-electron chi connectivity index (χ3n) is 5.35. The molecule has 0 aliphatic carbocycles. The number of aromatic nitrogens is 2. The van der Waals surface area contributed by atoms with E-state index in [0.29, 0.717) is 17.3 Å². The Morgan fingerprint density at radius 1 is 0.966 bits per heavy atom. The summed E-state index contributed by atoms with van der Waals surface area (Å²) in [6.07, 6.45) is 1.57. The molecule has 29 heavy (non-hydrogen) atoms. The molecule has 0 unspecified atom stereocenters. The summed E-state index contributed by atoms with van der Waals surface area (Å²) in [5.41, 5.74) is 16.3. The van der Waals surface area contributed by atoms with E-state index in [1.165, 1.54) is 0 Å². The monoisotopic (exact) mass is 390 g/mol. The normalized spacial score (nSPS) is 14.8. The van der Waals surface area contributed by atoms with E-state index in [1.807, 2.05) is 24.3 Å². The van der Waals surface area contributed by atoms with E-state index in [-0.39, 0.29) is 0 Å². The molecule has 4 rings (SSSR count). The quantitative estimate of drug-likeness (QED) is 0.707. The summed E-state index contributed by atoms with van der Waals surface area (Å²) in [4.78, 5) is 13.6. The molecular weight excluding hydrogens is 364 g/mol. The molecule has 0 bridgehead atoms. The van der Waals surface area contributed by atoms with Gasteiger partial charge in [0, 0.05) is 43.0 Å². The number of benzene rings is 2. The molecular formula is C22H26N6O. The lowest BCUT2D eigenvalue weighted by molar-refractivity contribution is 0.313. The Kier molecular flexibility index (Phi) is 5.22. The van der Waals surface area contributed by atoms with Crippen molar-refractivity contribution in [3.05, 3.63) is 48.7 Å². The second-order valence-electron chi connectivity index (χ2n) is 7.26. The van der Waals surface area contributed by atoms with Crippen molar-refractivity contribution < 1.29 is 4.74 Å². The van der Waals surface area contributed by atoms with Crippen LogP contribution in [0.1, 0.15) is 0 Å². The molecule has 7 nitrogen and oxygen atoms in total. The van der Waals surface area contributed by atoms with Gasteiger partial charge in [0.05, 0.1) is 19.0 Å². The molecule has 1 saturated heterocycles. The van der Waals surface area contributed by atoms with Crippen LogP contribution in [0.3, 0.4) is 0 Å². The molecule has 0 atom stereocenters. The van der Waals surface area contributed by atoms with E-state index in [0.717, 1.165) is 54.3 Å². The number of nitrogens with two attached hydrogens (primary N) is 2. The van der Waals surface area contributed by atoms with Gasteiger partial charge >= 0.3 is 0 Å². The van der Waals surface area contributed by atoms with Gasteiger partial charge in [0.25, 0.3) is 0 Å². The van der Waals surface area contributed by atoms with Gasteiger partial charge in [0.1, 0.15) is 5.75 Å². The first kappa shape index (κ1) is 19.0. The van der Waals surface area contributed by atoms with Crippen molar-refractivity contribution in [1.29, 1.82) is 0 Å². The minimum Gasteiger partial charge on any atom is -0.496 e. The van der Waals surface area contributed by atoms with E-state index in [2.05, 4.69) is 45.0 Å². The number of anilines is 3. The molecule has 0 spiro atoms. The second kappa shape index (κ2) is 7.97. The molecule has 0 amide bonds. The predicted molar refractivity (Wildman–Crippen MR) is 118 cm³/mol. The molecule has 1 aliphatic heterocycles. The predicted octanol–water partition coefficient (Wildman–Crippen LogP) is 2.74. The van der Waals surface area contributed by atoms with Gasteiger partial charge in [0.2, 0.25) is 0 Å². The van der Waals surface area contributed by atoms with E-state index >= 15 is 0 Å². The SMILES string of the molecule is COc1ccccc1-c1ccc(N2CCN(C)CC2)c(-c2ncc(N)c(N)n2)c1. The summed E-state index contributed by atoms with van der Waals surface area (Å²) < 4.78 is 5.55.